The van der Waals surface area contributed by atoms with Crippen molar-refractivity contribution >= 4 is 22.6 Å². The van der Waals surface area contributed by atoms with Gasteiger partial charge in [-0.2, -0.15) is 5.10 Å². The van der Waals surface area contributed by atoms with Crippen LogP contribution >= 0.6 is 0 Å². The Balaban J connectivity index is 1.55. The second kappa shape index (κ2) is 10.7. The van der Waals surface area contributed by atoms with Crippen LogP contribution in [0.15, 0.2) is 82.3 Å². The molecule has 0 saturated heterocycles. The van der Waals surface area contributed by atoms with Gasteiger partial charge in [-0.05, 0) is 70.9 Å². The van der Waals surface area contributed by atoms with Crippen molar-refractivity contribution in [3.05, 3.63) is 106 Å². The Morgan fingerprint density at radius 2 is 1.68 bits per heavy atom. The van der Waals surface area contributed by atoms with Crippen molar-refractivity contribution in [2.24, 2.45) is 7.05 Å². The Hall–Kier alpha value is -4.65. The molecule has 0 spiro atoms. The Morgan fingerprint density at radius 3 is 2.34 bits per heavy atom. The first-order valence-corrected chi connectivity index (χ1v) is 13.7. The lowest BCUT2D eigenvalue weighted by Crippen LogP contribution is -2.24. The fraction of sp³-hybridized carbons (Fsp3) is 0.265. The minimum Gasteiger partial charge on any atom is -0.456 e. The normalized spacial score (nSPS) is 12.4. The molecule has 0 saturated carbocycles. The number of anilines is 1. The predicted octanol–water partition coefficient (Wildman–Crippen LogP) is 7.61. The number of benzene rings is 3. The van der Waals surface area contributed by atoms with Crippen LogP contribution in [-0.2, 0) is 11.8 Å². The molecule has 1 atom stereocenters. The van der Waals surface area contributed by atoms with Gasteiger partial charge in [0.15, 0.2) is 5.43 Å². The monoisotopic (exact) mass is 549 g/mol. The third kappa shape index (κ3) is 5.80. The highest BCUT2D eigenvalue weighted by Gasteiger charge is 2.23. The zero-order valence-corrected chi connectivity index (χ0v) is 24.5. The van der Waals surface area contributed by atoms with Crippen LogP contribution in [0.1, 0.15) is 60.8 Å². The molecule has 0 aliphatic rings. The van der Waals surface area contributed by atoms with E-state index in [9.17, 15) is 9.59 Å². The molecule has 7 nitrogen and oxygen atoms in total. The highest BCUT2D eigenvalue weighted by atomic mass is 16.6. The van der Waals surface area contributed by atoms with E-state index in [1.54, 1.807) is 17.7 Å². The second-order valence-electron chi connectivity index (χ2n) is 11.5. The van der Waals surface area contributed by atoms with Crippen LogP contribution in [0, 0.1) is 13.8 Å². The highest BCUT2D eigenvalue weighted by molar-refractivity contribution is 5.96. The quantitative estimate of drug-likeness (QED) is 0.219. The van der Waals surface area contributed by atoms with Crippen molar-refractivity contribution < 1.29 is 13.9 Å². The summed E-state index contributed by atoms with van der Waals surface area (Å²) in [6, 6.07) is 18.8. The molecule has 3 aromatic carbocycles. The van der Waals surface area contributed by atoms with Crippen molar-refractivity contribution in [3.8, 4) is 22.5 Å². The maximum atomic E-state index is 13.6. The standard InChI is InChI=1S/C34H35N3O4/c1-20-16-27(22(3)36-29-11-9-8-10-26(29)33(39)41-34(4,5)6)32-28(17-20)30(38)21(2)31(40-32)24-14-12-23(13-15-24)25-18-35-37(7)19-25/h8-19,22,36H,1-7H3/t22-/m1/s1. The Morgan fingerprint density at radius 1 is 1.00 bits per heavy atom. The molecule has 5 rings (SSSR count). The first-order valence-electron chi connectivity index (χ1n) is 13.7. The lowest BCUT2D eigenvalue weighted by molar-refractivity contribution is 0.00706. The number of rotatable bonds is 6. The number of nitrogens with zero attached hydrogens (tertiary/aromatic N) is 2. The van der Waals surface area contributed by atoms with Crippen molar-refractivity contribution in [1.82, 2.24) is 9.78 Å². The average Bonchev–Trinajstić information content (AvgIpc) is 3.36. The Kier molecular flexibility index (Phi) is 7.30. The maximum Gasteiger partial charge on any atom is 0.340 e. The van der Waals surface area contributed by atoms with Gasteiger partial charge < -0.3 is 14.5 Å². The fourth-order valence-electron chi connectivity index (χ4n) is 4.98. The zero-order chi connectivity index (χ0) is 29.5. The van der Waals surface area contributed by atoms with Gasteiger partial charge in [0.25, 0.3) is 0 Å². The van der Waals surface area contributed by atoms with E-state index in [0.717, 1.165) is 27.8 Å². The van der Waals surface area contributed by atoms with Gasteiger partial charge in [0.05, 0.1) is 23.2 Å². The van der Waals surface area contributed by atoms with E-state index in [1.807, 2.05) is 109 Å². The van der Waals surface area contributed by atoms with Crippen LogP contribution in [-0.4, -0.2) is 21.4 Å². The molecular weight excluding hydrogens is 514 g/mol. The minimum atomic E-state index is -0.615. The summed E-state index contributed by atoms with van der Waals surface area (Å²) in [4.78, 5) is 26.6. The summed E-state index contributed by atoms with van der Waals surface area (Å²) >= 11 is 0. The number of para-hydroxylation sites is 1. The van der Waals surface area contributed by atoms with E-state index in [0.29, 0.717) is 33.5 Å². The van der Waals surface area contributed by atoms with Crippen molar-refractivity contribution in [1.29, 1.82) is 0 Å². The van der Waals surface area contributed by atoms with Gasteiger partial charge in [-0.3, -0.25) is 9.48 Å². The molecule has 41 heavy (non-hydrogen) atoms. The average molecular weight is 550 g/mol. The maximum absolute atomic E-state index is 13.6. The van der Waals surface area contributed by atoms with E-state index in [-0.39, 0.29) is 11.5 Å². The Bertz CT molecular complexity index is 1810. The zero-order valence-electron chi connectivity index (χ0n) is 24.5. The van der Waals surface area contributed by atoms with E-state index in [1.165, 1.54) is 0 Å². The third-order valence-electron chi connectivity index (χ3n) is 6.96. The van der Waals surface area contributed by atoms with E-state index in [4.69, 9.17) is 9.15 Å². The van der Waals surface area contributed by atoms with Crippen LogP contribution < -0.4 is 10.7 Å². The van der Waals surface area contributed by atoms with E-state index in [2.05, 4.69) is 10.4 Å². The molecule has 0 amide bonds. The number of carbonyl (C=O) groups is 1. The van der Waals surface area contributed by atoms with Gasteiger partial charge in [0, 0.05) is 41.2 Å². The summed E-state index contributed by atoms with van der Waals surface area (Å²) in [6.07, 6.45) is 3.78. The number of nitrogens with one attached hydrogen (secondary N) is 1. The topological polar surface area (TPSA) is 86.4 Å². The molecule has 7 heteroatoms. The van der Waals surface area contributed by atoms with Crippen molar-refractivity contribution in [3.63, 3.8) is 0 Å². The molecule has 5 aromatic rings. The summed E-state index contributed by atoms with van der Waals surface area (Å²) in [7, 11) is 1.89. The summed E-state index contributed by atoms with van der Waals surface area (Å²) < 4.78 is 13.9. The van der Waals surface area contributed by atoms with Gasteiger partial charge in [0.2, 0.25) is 0 Å². The number of hydrogen-bond acceptors (Lipinski definition) is 6. The number of carbonyl (C=O) groups excluding carboxylic acids is 1. The first-order chi connectivity index (χ1) is 19.4. The van der Waals surface area contributed by atoms with Gasteiger partial charge in [-0.25, -0.2) is 4.79 Å². The number of esters is 1. The lowest BCUT2D eigenvalue weighted by atomic mass is 9.98. The largest absolute Gasteiger partial charge is 0.456 e. The number of aromatic nitrogens is 2. The second-order valence-corrected chi connectivity index (χ2v) is 11.5. The molecule has 0 bridgehead atoms. The number of aryl methyl sites for hydroxylation is 2. The van der Waals surface area contributed by atoms with Gasteiger partial charge in [-0.1, -0.05) is 42.5 Å². The minimum absolute atomic E-state index is 0.0658. The van der Waals surface area contributed by atoms with E-state index < -0.39 is 11.6 Å². The summed E-state index contributed by atoms with van der Waals surface area (Å²) in [5.41, 5.74) is 6.11. The number of fused-ring (bicyclic) bond motifs is 1. The molecule has 2 aromatic heterocycles. The molecule has 0 aliphatic carbocycles. The SMILES string of the molecule is Cc1cc([C@@H](C)Nc2ccccc2C(=O)OC(C)(C)C)c2oc(-c3ccc(-c4cnn(C)c4)cc3)c(C)c(=O)c2c1. The van der Waals surface area contributed by atoms with Crippen LogP contribution in [0.3, 0.4) is 0 Å². The van der Waals surface area contributed by atoms with Gasteiger partial charge >= 0.3 is 5.97 Å². The molecular formula is C34H35N3O4. The molecule has 1 N–H and O–H groups in total. The summed E-state index contributed by atoms with van der Waals surface area (Å²) in [5.74, 6) is 0.132. The van der Waals surface area contributed by atoms with Gasteiger partial charge in [-0.15, -0.1) is 0 Å². The molecule has 210 valence electrons. The van der Waals surface area contributed by atoms with Crippen molar-refractivity contribution in [2.75, 3.05) is 5.32 Å². The molecule has 2 heterocycles. The van der Waals surface area contributed by atoms with Crippen LogP contribution in [0.2, 0.25) is 0 Å². The third-order valence-corrected chi connectivity index (χ3v) is 6.96. The highest BCUT2D eigenvalue weighted by Crippen LogP contribution is 2.33. The molecule has 0 aliphatic heterocycles. The molecule has 0 radical (unpaired) electrons. The first kappa shape index (κ1) is 27.9. The molecule has 0 fully saturated rings. The molecule has 0 unspecified atom stereocenters. The lowest BCUT2D eigenvalue weighted by Gasteiger charge is -2.23. The van der Waals surface area contributed by atoms with Gasteiger partial charge in [0.1, 0.15) is 16.9 Å². The van der Waals surface area contributed by atoms with Crippen molar-refractivity contribution in [2.45, 2.75) is 53.2 Å². The van der Waals surface area contributed by atoms with Crippen LogP contribution in [0.5, 0.6) is 0 Å². The fourth-order valence-corrected chi connectivity index (χ4v) is 4.98. The van der Waals surface area contributed by atoms with Crippen LogP contribution in [0.25, 0.3) is 33.4 Å². The predicted molar refractivity (Wildman–Crippen MR) is 163 cm³/mol. The van der Waals surface area contributed by atoms with Crippen LogP contribution in [0.4, 0.5) is 5.69 Å². The number of ether oxygens (including phenoxy) is 1. The van der Waals surface area contributed by atoms with E-state index >= 15 is 0 Å². The summed E-state index contributed by atoms with van der Waals surface area (Å²) in [6.45, 7) is 11.3. The smallest absolute Gasteiger partial charge is 0.340 e. The number of hydrogen-bond donors (Lipinski definition) is 1. The Labute approximate surface area is 239 Å². The summed E-state index contributed by atoms with van der Waals surface area (Å²) in [5, 5.41) is 8.25.